The van der Waals surface area contributed by atoms with Crippen LogP contribution < -0.4 is 0 Å². The first-order chi connectivity index (χ1) is 13.6. The van der Waals surface area contributed by atoms with E-state index in [9.17, 15) is 4.79 Å². The van der Waals surface area contributed by atoms with Gasteiger partial charge in [0.2, 0.25) is 0 Å². The van der Waals surface area contributed by atoms with E-state index < -0.39 is 0 Å². The number of carbonyl (C=O) groups is 1. The Kier molecular flexibility index (Phi) is 17.5. The molecule has 1 unspecified atom stereocenters. The zero-order valence-corrected chi connectivity index (χ0v) is 20.5. The molecule has 1 spiro atoms. The fourth-order valence-electron chi connectivity index (χ4n) is 4.36. The molecular weight excluding hydrogens is 346 g/mol. The van der Waals surface area contributed by atoms with Crippen LogP contribution >= 0.6 is 0 Å². The number of esters is 1. The minimum absolute atomic E-state index is 0.0623. The summed E-state index contributed by atoms with van der Waals surface area (Å²) in [7, 11) is 2.20. The molecule has 2 aliphatic rings. The lowest BCUT2D eigenvalue weighted by molar-refractivity contribution is -0.144. The number of ether oxygens (including phenoxy) is 1. The van der Waals surface area contributed by atoms with E-state index in [2.05, 4.69) is 25.5 Å². The number of hydrogen-bond donors (Lipinski definition) is 0. The maximum absolute atomic E-state index is 12.0. The molecule has 0 radical (unpaired) electrons. The second kappa shape index (κ2) is 16.8. The maximum Gasteiger partial charge on any atom is 0.306 e. The lowest BCUT2D eigenvalue weighted by Crippen LogP contribution is -2.38. The Hall–Kier alpha value is -1.09. The van der Waals surface area contributed by atoms with Gasteiger partial charge in [-0.3, -0.25) is 4.79 Å². The van der Waals surface area contributed by atoms with Crippen molar-refractivity contribution >= 4 is 5.97 Å². The summed E-state index contributed by atoms with van der Waals surface area (Å²) >= 11 is 0. The Labute approximate surface area is 176 Å². The molecular formula is C25H49NO2. The van der Waals surface area contributed by atoms with E-state index in [1.165, 1.54) is 18.4 Å². The minimum Gasteiger partial charge on any atom is -0.466 e. The first-order valence-corrected chi connectivity index (χ1v) is 11.8. The van der Waals surface area contributed by atoms with Crippen molar-refractivity contribution in [2.45, 2.75) is 93.9 Å². The highest BCUT2D eigenvalue weighted by atomic mass is 16.5. The normalized spacial score (nSPS) is 20.1. The van der Waals surface area contributed by atoms with Crippen molar-refractivity contribution in [1.82, 2.24) is 4.90 Å². The predicted molar refractivity (Wildman–Crippen MR) is 125 cm³/mol. The van der Waals surface area contributed by atoms with Gasteiger partial charge >= 0.3 is 5.97 Å². The van der Waals surface area contributed by atoms with Crippen molar-refractivity contribution in [3.05, 3.63) is 23.8 Å². The smallest absolute Gasteiger partial charge is 0.306 e. The third-order valence-electron chi connectivity index (χ3n) is 5.45. The second-order valence-corrected chi connectivity index (χ2v) is 6.88. The summed E-state index contributed by atoms with van der Waals surface area (Å²) in [4.78, 5) is 14.4. The summed E-state index contributed by atoms with van der Waals surface area (Å²) < 4.78 is 5.18. The second-order valence-electron chi connectivity index (χ2n) is 6.88. The summed E-state index contributed by atoms with van der Waals surface area (Å²) in [6.45, 7) is 23.0. The zero-order chi connectivity index (χ0) is 22.2. The Morgan fingerprint density at radius 2 is 1.68 bits per heavy atom. The molecule has 1 fully saturated rings. The molecule has 166 valence electrons. The Bertz CT molecular complexity index is 445. The third-order valence-corrected chi connectivity index (χ3v) is 5.45. The fraction of sp³-hybridized carbons (Fsp3) is 0.800. The van der Waals surface area contributed by atoms with Crippen LogP contribution in [0.5, 0.6) is 0 Å². The highest BCUT2D eigenvalue weighted by molar-refractivity contribution is 5.70. The van der Waals surface area contributed by atoms with Crippen molar-refractivity contribution in [1.29, 1.82) is 0 Å². The molecule has 0 amide bonds. The molecule has 3 heteroatoms. The molecule has 0 aromatic carbocycles. The van der Waals surface area contributed by atoms with Crippen molar-refractivity contribution in [3.63, 3.8) is 0 Å². The van der Waals surface area contributed by atoms with Crippen LogP contribution in [0.25, 0.3) is 0 Å². The van der Waals surface area contributed by atoms with Gasteiger partial charge in [-0.05, 0) is 69.7 Å². The molecule has 1 aliphatic carbocycles. The highest BCUT2D eigenvalue weighted by Crippen LogP contribution is 2.55. The van der Waals surface area contributed by atoms with Gasteiger partial charge < -0.3 is 9.64 Å². The first-order valence-electron chi connectivity index (χ1n) is 11.8. The molecule has 1 heterocycles. The average molecular weight is 396 g/mol. The van der Waals surface area contributed by atoms with E-state index in [4.69, 9.17) is 4.74 Å². The van der Waals surface area contributed by atoms with Crippen LogP contribution in [0.2, 0.25) is 0 Å². The minimum atomic E-state index is -0.0623. The zero-order valence-electron chi connectivity index (χ0n) is 20.5. The van der Waals surface area contributed by atoms with Gasteiger partial charge in [-0.2, -0.15) is 0 Å². The van der Waals surface area contributed by atoms with Crippen LogP contribution in [0.4, 0.5) is 0 Å². The first kappa shape index (κ1) is 29.1. The summed E-state index contributed by atoms with van der Waals surface area (Å²) in [5, 5.41) is 0. The van der Waals surface area contributed by atoms with Gasteiger partial charge in [0.1, 0.15) is 0 Å². The Morgan fingerprint density at radius 3 is 2.11 bits per heavy atom. The summed E-state index contributed by atoms with van der Waals surface area (Å²) in [6, 6.07) is 0. The van der Waals surface area contributed by atoms with Crippen LogP contribution in [0, 0.1) is 11.3 Å². The number of carbonyl (C=O) groups excluding carboxylic acids is 1. The Morgan fingerprint density at radius 1 is 1.14 bits per heavy atom. The lowest BCUT2D eigenvalue weighted by Gasteiger charge is -2.40. The number of nitrogens with zero attached hydrogens (tertiary/aromatic N) is 1. The van der Waals surface area contributed by atoms with Crippen LogP contribution in [0.1, 0.15) is 93.9 Å². The summed E-state index contributed by atoms with van der Waals surface area (Å²) in [6.07, 6.45) is 8.38. The number of rotatable bonds is 6. The molecule has 2 rings (SSSR count). The van der Waals surface area contributed by atoms with Crippen LogP contribution in [0.15, 0.2) is 23.8 Å². The highest BCUT2D eigenvalue weighted by Gasteiger charge is 2.45. The van der Waals surface area contributed by atoms with Crippen LogP contribution in [-0.2, 0) is 9.53 Å². The predicted octanol–water partition coefficient (Wildman–Crippen LogP) is 7.03. The molecule has 0 aromatic heterocycles. The number of likely N-dealkylation sites (tertiary alicyclic amines) is 1. The lowest BCUT2D eigenvalue weighted by atomic mass is 9.71. The SMILES string of the molecule is C=CC1=C(CCC)C2(CCN(C)CC2)CC1CC(=O)OCC.CC.CC.CC. The van der Waals surface area contributed by atoms with E-state index in [1.54, 1.807) is 5.57 Å². The quantitative estimate of drug-likeness (QED) is 0.452. The van der Waals surface area contributed by atoms with Crippen LogP contribution in [0.3, 0.4) is 0 Å². The molecule has 0 aromatic rings. The molecule has 0 saturated carbocycles. The molecule has 1 aliphatic heterocycles. The standard InChI is InChI=1S/C19H31NO2.3C2H6/c1-5-8-17-16(6-2)15(13-18(21)22-7-3)14-19(17)9-11-20(4)12-10-19;3*1-2/h6,15H,2,5,7-14H2,1,3-4H3;3*1-2H3. The maximum atomic E-state index is 12.0. The van der Waals surface area contributed by atoms with Gasteiger partial charge in [-0.25, -0.2) is 0 Å². The van der Waals surface area contributed by atoms with Gasteiger partial charge in [0.25, 0.3) is 0 Å². The van der Waals surface area contributed by atoms with E-state index in [1.807, 2.05) is 54.5 Å². The monoisotopic (exact) mass is 395 g/mol. The molecule has 28 heavy (non-hydrogen) atoms. The fourth-order valence-corrected chi connectivity index (χ4v) is 4.36. The van der Waals surface area contributed by atoms with Crippen molar-refractivity contribution in [2.24, 2.45) is 11.3 Å². The van der Waals surface area contributed by atoms with Gasteiger partial charge in [-0.1, -0.05) is 73.1 Å². The molecule has 3 nitrogen and oxygen atoms in total. The van der Waals surface area contributed by atoms with Gasteiger partial charge in [0.05, 0.1) is 13.0 Å². The molecule has 0 N–H and O–H groups in total. The Balaban J connectivity index is 0. The van der Waals surface area contributed by atoms with Crippen LogP contribution in [-0.4, -0.2) is 37.6 Å². The summed E-state index contributed by atoms with van der Waals surface area (Å²) in [5.41, 5.74) is 3.25. The number of allylic oxidation sites excluding steroid dienone is 3. The van der Waals surface area contributed by atoms with Crippen molar-refractivity contribution in [2.75, 3.05) is 26.7 Å². The van der Waals surface area contributed by atoms with Gasteiger partial charge in [0.15, 0.2) is 0 Å². The van der Waals surface area contributed by atoms with E-state index >= 15 is 0 Å². The van der Waals surface area contributed by atoms with Crippen molar-refractivity contribution < 1.29 is 9.53 Å². The molecule has 0 bridgehead atoms. The van der Waals surface area contributed by atoms with Gasteiger partial charge in [0, 0.05) is 0 Å². The van der Waals surface area contributed by atoms with Gasteiger partial charge in [-0.15, -0.1) is 0 Å². The van der Waals surface area contributed by atoms with Crippen molar-refractivity contribution in [3.8, 4) is 0 Å². The average Bonchev–Trinajstić information content (AvgIpc) is 3.01. The largest absolute Gasteiger partial charge is 0.466 e. The number of hydrogen-bond acceptors (Lipinski definition) is 3. The molecule has 1 atom stereocenters. The topological polar surface area (TPSA) is 29.5 Å². The summed E-state index contributed by atoms with van der Waals surface area (Å²) in [5.74, 6) is 0.245. The van der Waals surface area contributed by atoms with E-state index in [-0.39, 0.29) is 5.97 Å². The van der Waals surface area contributed by atoms with E-state index in [0.29, 0.717) is 24.4 Å². The van der Waals surface area contributed by atoms with E-state index in [0.717, 1.165) is 32.4 Å². The molecule has 1 saturated heterocycles. The third kappa shape index (κ3) is 8.11. The number of piperidine rings is 1.